The molecule has 0 radical (unpaired) electrons. The fourth-order valence-corrected chi connectivity index (χ4v) is 3.09. The summed E-state index contributed by atoms with van der Waals surface area (Å²) in [6.45, 7) is 3.57. The minimum atomic E-state index is -0.767. The van der Waals surface area contributed by atoms with Gasteiger partial charge in [0.25, 0.3) is 0 Å². The Labute approximate surface area is 133 Å². The van der Waals surface area contributed by atoms with Crippen LogP contribution < -0.4 is 5.32 Å². The Kier molecular flexibility index (Phi) is 5.61. The van der Waals surface area contributed by atoms with Crippen LogP contribution in [0.3, 0.4) is 0 Å². The van der Waals surface area contributed by atoms with E-state index in [1.165, 1.54) is 0 Å². The normalized spacial score (nSPS) is 21.3. The number of carbonyl (C=O) groups is 1. The number of rotatable bonds is 7. The van der Waals surface area contributed by atoms with E-state index in [1.54, 1.807) is 6.07 Å². The Morgan fingerprint density at radius 1 is 1.48 bits per heavy atom. The number of phenols is 1. The second kappa shape index (κ2) is 7.24. The van der Waals surface area contributed by atoms with E-state index in [2.05, 4.69) is 21.2 Å². The molecule has 3 N–H and O–H groups in total. The number of carboxylic acid groups (broad SMARTS) is 1. The molecule has 2 rings (SSSR count). The molecule has 0 saturated heterocycles. The summed E-state index contributed by atoms with van der Waals surface area (Å²) >= 11 is 3.38. The summed E-state index contributed by atoms with van der Waals surface area (Å²) < 4.78 is 0.731. The number of carboxylic acids is 1. The molecule has 5 nitrogen and oxygen atoms in total. The Morgan fingerprint density at radius 3 is 2.81 bits per heavy atom. The largest absolute Gasteiger partial charge is 0.507 e. The summed E-state index contributed by atoms with van der Waals surface area (Å²) in [5.74, 6) is -0.517. The highest BCUT2D eigenvalue weighted by molar-refractivity contribution is 9.10. The number of aromatic hydroxyl groups is 1. The number of nitrogens with zero attached hydrogens (tertiary/aromatic N) is 1. The molecule has 0 heterocycles. The van der Waals surface area contributed by atoms with Gasteiger partial charge in [-0.05, 0) is 46.9 Å². The first kappa shape index (κ1) is 16.3. The fraction of sp³-hybridized carbons (Fsp3) is 0.533. The SMILES string of the molecule is CCN(CC(=O)O)C1CC(NCc2cccc(O)c2Br)C1. The molecule has 0 aromatic heterocycles. The number of phenolic OH excluding ortho intramolecular Hbond substituents is 1. The van der Waals surface area contributed by atoms with Crippen molar-refractivity contribution < 1.29 is 15.0 Å². The van der Waals surface area contributed by atoms with Crippen molar-refractivity contribution in [3.8, 4) is 5.75 Å². The highest BCUT2D eigenvalue weighted by Gasteiger charge is 2.33. The Morgan fingerprint density at radius 2 is 2.19 bits per heavy atom. The second-order valence-electron chi connectivity index (χ2n) is 5.41. The van der Waals surface area contributed by atoms with E-state index in [9.17, 15) is 9.90 Å². The Hall–Kier alpha value is -1.11. The first-order valence-corrected chi connectivity index (χ1v) is 7.96. The molecule has 1 aliphatic rings. The number of hydrogen-bond donors (Lipinski definition) is 3. The van der Waals surface area contributed by atoms with Gasteiger partial charge in [-0.15, -0.1) is 0 Å². The van der Waals surface area contributed by atoms with Gasteiger partial charge in [-0.25, -0.2) is 0 Å². The number of likely N-dealkylation sites (N-methyl/N-ethyl adjacent to an activating group) is 1. The maximum absolute atomic E-state index is 10.8. The summed E-state index contributed by atoms with van der Waals surface area (Å²) in [5, 5.41) is 22.0. The number of hydrogen-bond acceptors (Lipinski definition) is 4. The van der Waals surface area contributed by atoms with Crippen molar-refractivity contribution in [3.63, 3.8) is 0 Å². The predicted molar refractivity (Wildman–Crippen MR) is 84.3 cm³/mol. The maximum atomic E-state index is 10.8. The molecule has 0 aliphatic heterocycles. The first-order chi connectivity index (χ1) is 10.0. The molecule has 1 saturated carbocycles. The second-order valence-corrected chi connectivity index (χ2v) is 6.20. The number of halogens is 1. The summed E-state index contributed by atoms with van der Waals surface area (Å²) in [7, 11) is 0. The molecule has 0 unspecified atom stereocenters. The van der Waals surface area contributed by atoms with Gasteiger partial charge in [-0.1, -0.05) is 19.1 Å². The quantitative estimate of drug-likeness (QED) is 0.698. The highest BCUT2D eigenvalue weighted by Crippen LogP contribution is 2.29. The molecule has 21 heavy (non-hydrogen) atoms. The smallest absolute Gasteiger partial charge is 0.317 e. The van der Waals surface area contributed by atoms with Gasteiger partial charge in [-0.3, -0.25) is 9.69 Å². The van der Waals surface area contributed by atoms with Gasteiger partial charge in [0, 0.05) is 18.6 Å². The fourth-order valence-electron chi connectivity index (χ4n) is 2.68. The van der Waals surface area contributed by atoms with Crippen LogP contribution in [0.1, 0.15) is 25.3 Å². The zero-order chi connectivity index (χ0) is 15.4. The summed E-state index contributed by atoms with van der Waals surface area (Å²) in [6.07, 6.45) is 1.94. The average Bonchev–Trinajstić information content (AvgIpc) is 2.39. The Balaban J connectivity index is 1.78. The molecule has 1 aromatic rings. The van der Waals surface area contributed by atoms with Gasteiger partial charge >= 0.3 is 5.97 Å². The van der Waals surface area contributed by atoms with E-state index in [0.717, 1.165) is 29.4 Å². The third-order valence-corrected chi connectivity index (χ3v) is 4.93. The minimum Gasteiger partial charge on any atom is -0.507 e. The summed E-state index contributed by atoms with van der Waals surface area (Å²) in [5.41, 5.74) is 1.02. The zero-order valence-corrected chi connectivity index (χ0v) is 13.6. The van der Waals surface area contributed by atoms with Gasteiger partial charge in [0.1, 0.15) is 5.75 Å². The van der Waals surface area contributed by atoms with Gasteiger partial charge in [0.2, 0.25) is 0 Å². The maximum Gasteiger partial charge on any atom is 0.317 e. The van der Waals surface area contributed by atoms with Crippen LogP contribution in [-0.2, 0) is 11.3 Å². The monoisotopic (exact) mass is 356 g/mol. The Bertz CT molecular complexity index is 504. The molecule has 0 atom stereocenters. The van der Waals surface area contributed by atoms with Crippen molar-refractivity contribution in [2.75, 3.05) is 13.1 Å². The van der Waals surface area contributed by atoms with Crippen LogP contribution in [-0.4, -0.2) is 46.3 Å². The van der Waals surface area contributed by atoms with Crippen LogP contribution in [0.5, 0.6) is 5.75 Å². The molecule has 0 amide bonds. The van der Waals surface area contributed by atoms with Crippen molar-refractivity contribution >= 4 is 21.9 Å². The van der Waals surface area contributed by atoms with Crippen molar-refractivity contribution in [2.45, 2.75) is 38.4 Å². The molecule has 116 valence electrons. The molecule has 0 bridgehead atoms. The number of nitrogens with one attached hydrogen (secondary N) is 1. The molecule has 6 heteroatoms. The topological polar surface area (TPSA) is 72.8 Å². The van der Waals surface area contributed by atoms with Crippen LogP contribution in [0.15, 0.2) is 22.7 Å². The van der Waals surface area contributed by atoms with Crippen LogP contribution in [0, 0.1) is 0 Å². The van der Waals surface area contributed by atoms with Gasteiger partial charge < -0.3 is 15.5 Å². The standard InChI is InChI=1S/C15H21BrN2O3/c1-2-18(9-14(20)21)12-6-11(7-12)17-8-10-4-3-5-13(19)15(10)16/h3-5,11-12,17,19H,2,6-9H2,1H3,(H,20,21). The minimum absolute atomic E-state index is 0.117. The molecule has 1 fully saturated rings. The van der Waals surface area contributed by atoms with Crippen LogP contribution in [0.4, 0.5) is 0 Å². The van der Waals surface area contributed by atoms with Crippen LogP contribution >= 0.6 is 15.9 Å². The van der Waals surface area contributed by atoms with Gasteiger partial charge in [-0.2, -0.15) is 0 Å². The van der Waals surface area contributed by atoms with Gasteiger partial charge in [0.05, 0.1) is 11.0 Å². The van der Waals surface area contributed by atoms with E-state index in [-0.39, 0.29) is 12.3 Å². The molecule has 1 aromatic carbocycles. The van der Waals surface area contributed by atoms with Crippen LogP contribution in [0.2, 0.25) is 0 Å². The van der Waals surface area contributed by atoms with E-state index >= 15 is 0 Å². The lowest BCUT2D eigenvalue weighted by Gasteiger charge is -2.42. The van der Waals surface area contributed by atoms with E-state index < -0.39 is 5.97 Å². The zero-order valence-electron chi connectivity index (χ0n) is 12.1. The average molecular weight is 357 g/mol. The van der Waals surface area contributed by atoms with E-state index in [0.29, 0.717) is 18.6 Å². The molecular formula is C15H21BrN2O3. The van der Waals surface area contributed by atoms with Crippen molar-refractivity contribution in [1.29, 1.82) is 0 Å². The third kappa shape index (κ3) is 4.18. The van der Waals surface area contributed by atoms with Crippen molar-refractivity contribution in [2.24, 2.45) is 0 Å². The molecule has 1 aliphatic carbocycles. The first-order valence-electron chi connectivity index (χ1n) is 7.16. The third-order valence-electron chi connectivity index (χ3n) is 4.01. The molecule has 0 spiro atoms. The van der Waals surface area contributed by atoms with Crippen LogP contribution in [0.25, 0.3) is 0 Å². The summed E-state index contributed by atoms with van der Waals surface area (Å²) in [4.78, 5) is 12.8. The highest BCUT2D eigenvalue weighted by atomic mass is 79.9. The lowest BCUT2D eigenvalue weighted by Crippen LogP contribution is -2.53. The van der Waals surface area contributed by atoms with E-state index in [1.807, 2.05) is 24.0 Å². The van der Waals surface area contributed by atoms with Gasteiger partial charge in [0.15, 0.2) is 0 Å². The molecular weight excluding hydrogens is 336 g/mol. The lowest BCUT2D eigenvalue weighted by atomic mass is 9.85. The number of benzene rings is 1. The predicted octanol–water partition coefficient (Wildman–Crippen LogP) is 2.18. The van der Waals surface area contributed by atoms with E-state index in [4.69, 9.17) is 5.11 Å². The van der Waals surface area contributed by atoms with Crippen molar-refractivity contribution in [3.05, 3.63) is 28.2 Å². The lowest BCUT2D eigenvalue weighted by molar-refractivity contribution is -0.139. The summed E-state index contributed by atoms with van der Waals surface area (Å²) in [6, 6.07) is 6.21. The number of aliphatic carboxylic acids is 1. The van der Waals surface area contributed by atoms with Crippen molar-refractivity contribution in [1.82, 2.24) is 10.2 Å².